The zero-order valence-electron chi connectivity index (χ0n) is 11.1. The van der Waals surface area contributed by atoms with Crippen LogP contribution in [0.15, 0.2) is 23.1 Å². The van der Waals surface area contributed by atoms with Gasteiger partial charge in [-0.1, -0.05) is 6.07 Å². The molecule has 19 heavy (non-hydrogen) atoms. The normalized spacial score (nSPS) is 19.7. The van der Waals surface area contributed by atoms with Crippen molar-refractivity contribution in [3.8, 4) is 0 Å². The summed E-state index contributed by atoms with van der Waals surface area (Å²) in [5, 5.41) is 0. The van der Waals surface area contributed by atoms with E-state index in [-0.39, 0.29) is 16.7 Å². The molecule has 1 heterocycles. The standard InChI is InChI=1S/C13H20N2O3S/c1-10-4-5-13(12(14)9-10)19(16,17)15-7-6-11-3-2-8-18-11/h4-5,9,11,15H,2-3,6-8,14H2,1H3. The fraction of sp³-hybridized carbons (Fsp3) is 0.538. The maximum atomic E-state index is 12.1. The zero-order chi connectivity index (χ0) is 13.9. The molecule has 1 fully saturated rings. The summed E-state index contributed by atoms with van der Waals surface area (Å²) in [7, 11) is -3.53. The van der Waals surface area contributed by atoms with Crippen LogP contribution in [0.25, 0.3) is 0 Å². The van der Waals surface area contributed by atoms with Gasteiger partial charge in [-0.15, -0.1) is 0 Å². The Balaban J connectivity index is 1.97. The van der Waals surface area contributed by atoms with Crippen molar-refractivity contribution in [2.45, 2.75) is 37.2 Å². The van der Waals surface area contributed by atoms with Crippen LogP contribution in [0.1, 0.15) is 24.8 Å². The van der Waals surface area contributed by atoms with E-state index in [1.165, 1.54) is 0 Å². The molecule has 1 aliphatic rings. The third kappa shape index (κ3) is 3.68. The van der Waals surface area contributed by atoms with Crippen LogP contribution in [0.4, 0.5) is 5.69 Å². The van der Waals surface area contributed by atoms with Crippen molar-refractivity contribution in [1.82, 2.24) is 4.72 Å². The van der Waals surface area contributed by atoms with Crippen molar-refractivity contribution in [3.05, 3.63) is 23.8 Å². The van der Waals surface area contributed by atoms with Gasteiger partial charge in [0.05, 0.1) is 11.8 Å². The zero-order valence-corrected chi connectivity index (χ0v) is 11.9. The molecule has 0 saturated carbocycles. The highest BCUT2D eigenvalue weighted by Crippen LogP contribution is 2.20. The highest BCUT2D eigenvalue weighted by molar-refractivity contribution is 7.89. The van der Waals surface area contributed by atoms with Crippen molar-refractivity contribution in [3.63, 3.8) is 0 Å². The minimum atomic E-state index is -3.53. The van der Waals surface area contributed by atoms with Crippen LogP contribution in [0, 0.1) is 6.92 Å². The Hall–Kier alpha value is -1.11. The molecule has 0 amide bonds. The minimum absolute atomic E-state index is 0.144. The van der Waals surface area contributed by atoms with Gasteiger partial charge >= 0.3 is 0 Å². The maximum absolute atomic E-state index is 12.1. The monoisotopic (exact) mass is 284 g/mol. The minimum Gasteiger partial charge on any atom is -0.398 e. The predicted octanol–water partition coefficient (Wildman–Crippen LogP) is 1.42. The Bertz CT molecular complexity index is 537. The van der Waals surface area contributed by atoms with Crippen LogP contribution in [-0.2, 0) is 14.8 Å². The van der Waals surface area contributed by atoms with Gasteiger partial charge in [0.2, 0.25) is 10.0 Å². The van der Waals surface area contributed by atoms with Crippen molar-refractivity contribution in [1.29, 1.82) is 0 Å². The number of hydrogen-bond acceptors (Lipinski definition) is 4. The number of rotatable bonds is 5. The van der Waals surface area contributed by atoms with Gasteiger partial charge in [-0.3, -0.25) is 0 Å². The second-order valence-electron chi connectivity index (χ2n) is 4.86. The number of nitrogens with one attached hydrogen (secondary N) is 1. The lowest BCUT2D eigenvalue weighted by Crippen LogP contribution is -2.27. The number of sulfonamides is 1. The molecule has 106 valence electrons. The molecule has 1 aromatic carbocycles. The summed E-state index contributed by atoms with van der Waals surface area (Å²) in [6.07, 6.45) is 2.94. The number of ether oxygens (including phenoxy) is 1. The average molecular weight is 284 g/mol. The Morgan fingerprint density at radius 1 is 1.47 bits per heavy atom. The number of nitrogen functional groups attached to an aromatic ring is 1. The summed E-state index contributed by atoms with van der Waals surface area (Å²) in [5.74, 6) is 0. The van der Waals surface area contributed by atoms with Crippen molar-refractivity contribution in [2.75, 3.05) is 18.9 Å². The Morgan fingerprint density at radius 3 is 2.89 bits per heavy atom. The number of aryl methyl sites for hydroxylation is 1. The van der Waals surface area contributed by atoms with E-state index < -0.39 is 10.0 Å². The van der Waals surface area contributed by atoms with Gasteiger partial charge in [-0.25, -0.2) is 13.1 Å². The van der Waals surface area contributed by atoms with Crippen LogP contribution in [0.3, 0.4) is 0 Å². The molecule has 6 heteroatoms. The molecule has 1 aliphatic heterocycles. The lowest BCUT2D eigenvalue weighted by atomic mass is 10.2. The van der Waals surface area contributed by atoms with Gasteiger partial charge in [-0.05, 0) is 43.9 Å². The van der Waals surface area contributed by atoms with Gasteiger partial charge in [0.15, 0.2) is 0 Å². The Morgan fingerprint density at radius 2 is 2.26 bits per heavy atom. The van der Waals surface area contributed by atoms with Crippen LogP contribution in [0.5, 0.6) is 0 Å². The quantitative estimate of drug-likeness (QED) is 0.801. The average Bonchev–Trinajstić information content (AvgIpc) is 2.81. The number of hydrogen-bond donors (Lipinski definition) is 2. The summed E-state index contributed by atoms with van der Waals surface area (Å²) >= 11 is 0. The number of anilines is 1. The largest absolute Gasteiger partial charge is 0.398 e. The van der Waals surface area contributed by atoms with Crippen LogP contribution >= 0.6 is 0 Å². The van der Waals surface area contributed by atoms with Crippen molar-refractivity contribution < 1.29 is 13.2 Å². The summed E-state index contributed by atoms with van der Waals surface area (Å²) in [6, 6.07) is 4.94. The van der Waals surface area contributed by atoms with Crippen molar-refractivity contribution >= 4 is 15.7 Å². The molecule has 1 aromatic rings. The van der Waals surface area contributed by atoms with Crippen LogP contribution < -0.4 is 10.5 Å². The molecule has 3 N–H and O–H groups in total. The van der Waals surface area contributed by atoms with E-state index in [0.29, 0.717) is 13.0 Å². The SMILES string of the molecule is Cc1ccc(S(=O)(=O)NCCC2CCCO2)c(N)c1. The molecule has 0 aromatic heterocycles. The third-order valence-electron chi connectivity index (χ3n) is 3.24. The van der Waals surface area contributed by atoms with E-state index in [2.05, 4.69) is 4.72 Å². The highest BCUT2D eigenvalue weighted by atomic mass is 32.2. The first-order valence-corrected chi connectivity index (χ1v) is 7.95. The van der Waals surface area contributed by atoms with E-state index in [1.54, 1.807) is 18.2 Å². The summed E-state index contributed by atoms with van der Waals surface area (Å²) in [5.41, 5.74) is 6.98. The highest BCUT2D eigenvalue weighted by Gasteiger charge is 2.19. The fourth-order valence-corrected chi connectivity index (χ4v) is 3.38. The molecule has 0 spiro atoms. The van der Waals surface area contributed by atoms with E-state index in [9.17, 15) is 8.42 Å². The number of nitrogens with two attached hydrogens (primary N) is 1. The topological polar surface area (TPSA) is 81.4 Å². The summed E-state index contributed by atoms with van der Waals surface area (Å²) in [6.45, 7) is 3.03. The van der Waals surface area contributed by atoms with E-state index in [1.807, 2.05) is 6.92 Å². The molecule has 1 saturated heterocycles. The lowest BCUT2D eigenvalue weighted by molar-refractivity contribution is 0.105. The molecule has 2 rings (SSSR count). The first-order chi connectivity index (χ1) is 8.99. The molecule has 0 aliphatic carbocycles. The second kappa shape index (κ2) is 5.90. The lowest BCUT2D eigenvalue weighted by Gasteiger charge is -2.12. The Kier molecular flexibility index (Phi) is 4.44. The van der Waals surface area contributed by atoms with Crippen LogP contribution in [-0.4, -0.2) is 27.7 Å². The van der Waals surface area contributed by atoms with Gasteiger partial charge in [0.25, 0.3) is 0 Å². The van der Waals surface area contributed by atoms with Crippen molar-refractivity contribution in [2.24, 2.45) is 0 Å². The summed E-state index contributed by atoms with van der Waals surface area (Å²) in [4.78, 5) is 0.144. The molecule has 1 unspecified atom stereocenters. The van der Waals surface area contributed by atoms with E-state index in [0.717, 1.165) is 25.0 Å². The molecular formula is C13H20N2O3S. The van der Waals surface area contributed by atoms with E-state index >= 15 is 0 Å². The molecule has 0 bridgehead atoms. The smallest absolute Gasteiger partial charge is 0.242 e. The molecule has 1 atom stereocenters. The summed E-state index contributed by atoms with van der Waals surface area (Å²) < 4.78 is 32.2. The number of benzene rings is 1. The Labute approximate surface area is 114 Å². The molecular weight excluding hydrogens is 264 g/mol. The van der Waals surface area contributed by atoms with Gasteiger partial charge in [-0.2, -0.15) is 0 Å². The van der Waals surface area contributed by atoms with Gasteiger partial charge in [0.1, 0.15) is 4.90 Å². The van der Waals surface area contributed by atoms with Gasteiger partial charge < -0.3 is 10.5 Å². The first-order valence-electron chi connectivity index (χ1n) is 6.46. The molecule has 0 radical (unpaired) electrons. The molecule has 5 nitrogen and oxygen atoms in total. The second-order valence-corrected chi connectivity index (χ2v) is 6.60. The predicted molar refractivity (Wildman–Crippen MR) is 74.4 cm³/mol. The first kappa shape index (κ1) is 14.3. The van der Waals surface area contributed by atoms with E-state index in [4.69, 9.17) is 10.5 Å². The fourth-order valence-electron chi connectivity index (χ4n) is 2.22. The third-order valence-corrected chi connectivity index (χ3v) is 4.77. The van der Waals surface area contributed by atoms with Gasteiger partial charge in [0, 0.05) is 13.2 Å². The maximum Gasteiger partial charge on any atom is 0.242 e. The van der Waals surface area contributed by atoms with Crippen LogP contribution in [0.2, 0.25) is 0 Å².